The van der Waals surface area contributed by atoms with E-state index in [-0.39, 0.29) is 50.9 Å². The number of rotatable bonds is 14. The molecule has 4 rings (SSSR count). The minimum atomic E-state index is -1.23. The normalized spacial score (nSPS) is 19.0. The fourth-order valence-electron chi connectivity index (χ4n) is 5.91. The van der Waals surface area contributed by atoms with Gasteiger partial charge in [0, 0.05) is 36.6 Å². The van der Waals surface area contributed by atoms with Crippen molar-refractivity contribution in [2.75, 3.05) is 45.9 Å². The van der Waals surface area contributed by atoms with E-state index in [2.05, 4.69) is 5.32 Å². The Morgan fingerprint density at radius 1 is 1.14 bits per heavy atom. The molecular weight excluding hydrogens is 671 g/mol. The summed E-state index contributed by atoms with van der Waals surface area (Å²) in [6, 6.07) is 9.59. The fourth-order valence-corrected chi connectivity index (χ4v) is 6.29. The van der Waals surface area contributed by atoms with Crippen molar-refractivity contribution in [1.82, 2.24) is 4.90 Å². The van der Waals surface area contributed by atoms with Crippen molar-refractivity contribution in [3.05, 3.63) is 76.8 Å². The Hall–Kier alpha value is -4.42. The molecule has 11 nitrogen and oxygen atoms in total. The van der Waals surface area contributed by atoms with Crippen LogP contribution in [0.25, 0.3) is 0 Å². The molecule has 2 aromatic carbocycles. The lowest BCUT2D eigenvalue weighted by molar-refractivity contribution is -0.147. The molecule has 13 heteroatoms. The van der Waals surface area contributed by atoms with Gasteiger partial charge in [0.1, 0.15) is 11.9 Å². The van der Waals surface area contributed by atoms with Crippen LogP contribution in [0.4, 0.5) is 10.1 Å². The lowest BCUT2D eigenvalue weighted by atomic mass is 9.84. The van der Waals surface area contributed by atoms with Gasteiger partial charge in [-0.25, -0.2) is 4.39 Å². The second-order valence-electron chi connectivity index (χ2n) is 12.9. The van der Waals surface area contributed by atoms with E-state index in [1.807, 2.05) is 26.0 Å². The van der Waals surface area contributed by atoms with Crippen molar-refractivity contribution in [2.45, 2.75) is 64.4 Å². The van der Waals surface area contributed by atoms with Crippen LogP contribution in [0.5, 0.6) is 11.5 Å². The Morgan fingerprint density at radius 3 is 2.58 bits per heavy atom. The number of anilines is 1. The number of methoxy groups -OCH3 is 2. The van der Waals surface area contributed by atoms with Crippen LogP contribution in [-0.4, -0.2) is 75.3 Å². The summed E-state index contributed by atoms with van der Waals surface area (Å²) in [6.45, 7) is 7.12. The van der Waals surface area contributed by atoms with Gasteiger partial charge in [-0.05, 0) is 55.2 Å². The molecule has 0 saturated heterocycles. The van der Waals surface area contributed by atoms with E-state index in [4.69, 9.17) is 35.3 Å². The topological polar surface area (TPSA) is 130 Å². The average Bonchev–Trinajstić information content (AvgIpc) is 3.19. The number of amides is 2. The van der Waals surface area contributed by atoms with E-state index in [0.717, 1.165) is 0 Å². The highest BCUT2D eigenvalue weighted by molar-refractivity contribution is 6.26. The van der Waals surface area contributed by atoms with E-state index in [1.165, 1.54) is 44.2 Å². The number of nitrogens with one attached hydrogen (secondary N) is 1. The largest absolute Gasteiger partial charge is 0.493 e. The number of benzene rings is 2. The van der Waals surface area contributed by atoms with Crippen LogP contribution in [0.1, 0.15) is 58.1 Å². The Balaban J connectivity index is 1.59. The number of carbonyl (C=O) groups excluding carboxylic acids is 4. The highest BCUT2D eigenvalue weighted by Crippen LogP contribution is 2.48. The van der Waals surface area contributed by atoms with Gasteiger partial charge in [-0.15, -0.1) is 11.6 Å². The first kappa shape index (κ1) is 38.4. The number of para-hydroxylation sites is 1. The monoisotopic (exact) mass is 714 g/mol. The number of nitrogens with zero attached hydrogens (tertiary/aromatic N) is 1. The van der Waals surface area contributed by atoms with Crippen LogP contribution in [-0.2, 0) is 44.7 Å². The number of halogens is 2. The van der Waals surface area contributed by atoms with E-state index < -0.39 is 46.4 Å². The van der Waals surface area contributed by atoms with E-state index in [0.29, 0.717) is 40.3 Å². The summed E-state index contributed by atoms with van der Waals surface area (Å²) in [7, 11) is 3.06. The zero-order valence-corrected chi connectivity index (χ0v) is 30.0. The quantitative estimate of drug-likeness (QED) is 0.190. The maximum atomic E-state index is 14.8. The van der Waals surface area contributed by atoms with Crippen LogP contribution in [0.3, 0.4) is 0 Å². The number of ether oxygens (including phenoxy) is 5. The van der Waals surface area contributed by atoms with Gasteiger partial charge in [-0.3, -0.25) is 19.2 Å². The maximum absolute atomic E-state index is 14.8. The number of esters is 2. The molecule has 50 heavy (non-hydrogen) atoms. The zero-order chi connectivity index (χ0) is 36.6. The predicted molar refractivity (Wildman–Crippen MR) is 184 cm³/mol. The summed E-state index contributed by atoms with van der Waals surface area (Å²) in [5.74, 6) is -1.67. The van der Waals surface area contributed by atoms with Gasteiger partial charge in [0.15, 0.2) is 11.5 Å². The second kappa shape index (κ2) is 16.5. The number of aryl methyl sites for hydroxylation is 1. The van der Waals surface area contributed by atoms with Gasteiger partial charge < -0.3 is 33.9 Å². The lowest BCUT2D eigenvalue weighted by Gasteiger charge is -2.37. The summed E-state index contributed by atoms with van der Waals surface area (Å²) in [4.78, 5) is 51.4. The molecule has 1 aliphatic carbocycles. The number of carbonyl (C=O) groups is 4. The highest BCUT2D eigenvalue weighted by atomic mass is 35.5. The Morgan fingerprint density at radius 2 is 1.90 bits per heavy atom. The zero-order valence-electron chi connectivity index (χ0n) is 29.2. The van der Waals surface area contributed by atoms with E-state index >= 15 is 0 Å². The molecule has 0 aromatic heterocycles. The number of hydrogen-bond donors (Lipinski definition) is 1. The SMILES string of the molecule is CCOC(=O)CCc1ccc(F)c(NC(=O)C[C@H]2OCC3=C(C=CC(Cl)(c4cccc(OC)c4OC)C3)N(CC(C)(C)COC(C)=O)C2=O)c1. The van der Waals surface area contributed by atoms with Crippen LogP contribution in [0.15, 0.2) is 59.8 Å². The van der Waals surface area contributed by atoms with Crippen LogP contribution < -0.4 is 14.8 Å². The third kappa shape index (κ3) is 9.42. The summed E-state index contributed by atoms with van der Waals surface area (Å²) in [6.07, 6.45) is 2.53. The molecule has 2 atom stereocenters. The summed E-state index contributed by atoms with van der Waals surface area (Å²) < 4.78 is 42.3. The van der Waals surface area contributed by atoms with Crippen molar-refractivity contribution >= 4 is 41.0 Å². The molecule has 2 amide bonds. The van der Waals surface area contributed by atoms with Crippen molar-refractivity contribution < 1.29 is 47.3 Å². The van der Waals surface area contributed by atoms with Crippen molar-refractivity contribution in [3.63, 3.8) is 0 Å². The van der Waals surface area contributed by atoms with Crippen molar-refractivity contribution in [1.29, 1.82) is 0 Å². The molecule has 0 saturated carbocycles. The standard InChI is InChI=1S/C37H44ClFN2O9/c1-7-48-33(44)14-12-24-11-13-27(39)28(17-24)40-32(43)18-31-35(45)41(21-36(3,4)22-50-23(2)42)29-15-16-37(38,19-25(29)20-49-31)26-9-8-10-30(46-5)34(26)47-6/h8-11,13,15-17,31H,7,12,14,18-22H2,1-6H3,(H,40,43)/t31-,37?/m1/s1. The van der Waals surface area contributed by atoms with Crippen LogP contribution in [0, 0.1) is 11.2 Å². The molecule has 1 aliphatic heterocycles. The van der Waals surface area contributed by atoms with E-state index in [1.54, 1.807) is 25.1 Å². The minimum Gasteiger partial charge on any atom is -0.493 e. The summed E-state index contributed by atoms with van der Waals surface area (Å²) >= 11 is 7.28. The van der Waals surface area contributed by atoms with Gasteiger partial charge in [-0.1, -0.05) is 38.1 Å². The van der Waals surface area contributed by atoms with Crippen LogP contribution >= 0.6 is 11.6 Å². The third-order valence-corrected chi connectivity index (χ3v) is 8.79. The lowest BCUT2D eigenvalue weighted by Crippen LogP contribution is -2.45. The molecule has 1 N–H and O–H groups in total. The molecule has 2 aromatic rings. The predicted octanol–water partition coefficient (Wildman–Crippen LogP) is 5.83. The Bertz CT molecular complexity index is 1670. The first-order valence-corrected chi connectivity index (χ1v) is 16.7. The number of alkyl halides is 1. The van der Waals surface area contributed by atoms with Gasteiger partial charge in [-0.2, -0.15) is 0 Å². The molecule has 0 fully saturated rings. The smallest absolute Gasteiger partial charge is 0.306 e. The van der Waals surface area contributed by atoms with Crippen LogP contribution in [0.2, 0.25) is 0 Å². The Kier molecular flexibility index (Phi) is 12.7. The fraction of sp³-hybridized carbons (Fsp3) is 0.459. The molecule has 1 heterocycles. The van der Waals surface area contributed by atoms with Gasteiger partial charge in [0.2, 0.25) is 5.91 Å². The summed E-state index contributed by atoms with van der Waals surface area (Å²) in [5, 5.41) is 2.56. The van der Waals surface area contributed by atoms with Gasteiger partial charge in [0.05, 0.1) is 51.0 Å². The minimum absolute atomic E-state index is 0.0251. The second-order valence-corrected chi connectivity index (χ2v) is 13.6. The highest BCUT2D eigenvalue weighted by Gasteiger charge is 2.42. The number of allylic oxidation sites excluding steroid dienone is 2. The van der Waals surface area contributed by atoms with Gasteiger partial charge >= 0.3 is 11.9 Å². The molecule has 2 aliphatic rings. The molecule has 0 radical (unpaired) electrons. The first-order valence-electron chi connectivity index (χ1n) is 16.3. The average molecular weight is 715 g/mol. The van der Waals surface area contributed by atoms with Gasteiger partial charge in [0.25, 0.3) is 5.91 Å². The third-order valence-electron chi connectivity index (χ3n) is 8.33. The molecule has 0 bridgehead atoms. The Labute approximate surface area is 296 Å². The molecule has 270 valence electrons. The maximum Gasteiger partial charge on any atom is 0.306 e. The summed E-state index contributed by atoms with van der Waals surface area (Å²) in [5.41, 5.74) is 1.77. The van der Waals surface area contributed by atoms with E-state index in [9.17, 15) is 23.6 Å². The van der Waals surface area contributed by atoms with Crippen molar-refractivity contribution in [2.24, 2.45) is 5.41 Å². The first-order chi connectivity index (χ1) is 23.7. The molecular formula is C37H44ClFN2O9. The molecule has 1 unspecified atom stereocenters. The van der Waals surface area contributed by atoms with Crippen molar-refractivity contribution in [3.8, 4) is 11.5 Å². The molecule has 0 spiro atoms. The number of hydrogen-bond acceptors (Lipinski definition) is 9.